The SMILES string of the molecule is CC1(C)CC1(CN)C(=O)OCc1ccc([N+](=O)[O-])cc1. The van der Waals surface area contributed by atoms with Crippen molar-refractivity contribution < 1.29 is 14.5 Å². The Labute approximate surface area is 117 Å². The maximum atomic E-state index is 12.1. The van der Waals surface area contributed by atoms with Crippen LogP contribution < -0.4 is 5.73 Å². The maximum Gasteiger partial charge on any atom is 0.314 e. The minimum atomic E-state index is -0.576. The molecule has 6 heteroatoms. The molecular weight excluding hydrogens is 260 g/mol. The van der Waals surface area contributed by atoms with Crippen LogP contribution in [0.2, 0.25) is 0 Å². The number of hydrogen-bond donors (Lipinski definition) is 1. The van der Waals surface area contributed by atoms with Gasteiger partial charge in [0.05, 0.1) is 10.3 Å². The second-order valence-electron chi connectivity index (χ2n) is 5.85. The molecule has 0 aliphatic heterocycles. The minimum Gasteiger partial charge on any atom is -0.460 e. The van der Waals surface area contributed by atoms with Gasteiger partial charge in [0, 0.05) is 18.7 Å². The third kappa shape index (κ3) is 2.38. The van der Waals surface area contributed by atoms with Crippen LogP contribution >= 0.6 is 0 Å². The molecule has 1 aromatic rings. The van der Waals surface area contributed by atoms with E-state index in [1.54, 1.807) is 12.1 Å². The van der Waals surface area contributed by atoms with Crippen molar-refractivity contribution in [3.8, 4) is 0 Å². The predicted octanol–water partition coefficient (Wildman–Crippen LogP) is 2.01. The highest BCUT2D eigenvalue weighted by molar-refractivity contribution is 5.82. The average molecular weight is 278 g/mol. The van der Waals surface area contributed by atoms with Gasteiger partial charge in [0.25, 0.3) is 5.69 Å². The number of hydrogen-bond acceptors (Lipinski definition) is 5. The van der Waals surface area contributed by atoms with Gasteiger partial charge < -0.3 is 10.5 Å². The van der Waals surface area contributed by atoms with Gasteiger partial charge in [-0.05, 0) is 29.5 Å². The Balaban J connectivity index is 1.96. The van der Waals surface area contributed by atoms with E-state index in [-0.39, 0.29) is 30.2 Å². The fourth-order valence-electron chi connectivity index (χ4n) is 2.49. The second kappa shape index (κ2) is 4.86. The number of nitro groups is 1. The molecule has 108 valence electrons. The molecule has 0 bridgehead atoms. The summed E-state index contributed by atoms with van der Waals surface area (Å²) in [4.78, 5) is 22.2. The molecule has 0 heterocycles. The summed E-state index contributed by atoms with van der Waals surface area (Å²) in [5.41, 5.74) is 5.73. The molecule has 1 atom stereocenters. The van der Waals surface area contributed by atoms with Gasteiger partial charge in [0.15, 0.2) is 0 Å². The van der Waals surface area contributed by atoms with Crippen LogP contribution in [0.25, 0.3) is 0 Å². The van der Waals surface area contributed by atoms with Gasteiger partial charge in [-0.3, -0.25) is 14.9 Å². The number of rotatable bonds is 5. The van der Waals surface area contributed by atoms with E-state index < -0.39 is 10.3 Å². The lowest BCUT2D eigenvalue weighted by Crippen LogP contribution is -2.31. The van der Waals surface area contributed by atoms with E-state index in [4.69, 9.17) is 10.5 Å². The molecule has 1 unspecified atom stereocenters. The Morgan fingerprint density at radius 1 is 1.40 bits per heavy atom. The van der Waals surface area contributed by atoms with Gasteiger partial charge in [-0.25, -0.2) is 0 Å². The first-order valence-electron chi connectivity index (χ1n) is 6.43. The number of benzene rings is 1. The van der Waals surface area contributed by atoms with Gasteiger partial charge in [-0.1, -0.05) is 13.8 Å². The molecule has 0 saturated heterocycles. The molecule has 6 nitrogen and oxygen atoms in total. The average Bonchev–Trinajstić information content (AvgIpc) is 3.00. The zero-order chi connectivity index (χ0) is 15.0. The van der Waals surface area contributed by atoms with Crippen LogP contribution in [0.3, 0.4) is 0 Å². The van der Waals surface area contributed by atoms with E-state index >= 15 is 0 Å². The highest BCUT2D eigenvalue weighted by atomic mass is 16.6. The standard InChI is InChI=1S/C14H18N2O4/c1-13(2)8-14(13,9-15)12(17)20-7-10-3-5-11(6-4-10)16(18)19/h3-6H,7-9,15H2,1-2H3. The number of nitrogens with zero attached hydrogens (tertiary/aromatic N) is 1. The Bertz CT molecular complexity index is 539. The molecule has 20 heavy (non-hydrogen) atoms. The lowest BCUT2D eigenvalue weighted by Gasteiger charge is -2.17. The third-order valence-electron chi connectivity index (χ3n) is 4.17. The van der Waals surface area contributed by atoms with E-state index in [9.17, 15) is 14.9 Å². The molecule has 0 radical (unpaired) electrons. The van der Waals surface area contributed by atoms with Crippen molar-refractivity contribution >= 4 is 11.7 Å². The number of non-ortho nitro benzene ring substituents is 1. The summed E-state index contributed by atoms with van der Waals surface area (Å²) in [5, 5.41) is 10.5. The first-order valence-corrected chi connectivity index (χ1v) is 6.43. The van der Waals surface area contributed by atoms with Gasteiger partial charge in [0.2, 0.25) is 0 Å². The molecule has 2 rings (SSSR count). The van der Waals surface area contributed by atoms with Crippen molar-refractivity contribution in [1.82, 2.24) is 0 Å². The van der Waals surface area contributed by atoms with Crippen molar-refractivity contribution in [3.05, 3.63) is 39.9 Å². The van der Waals surface area contributed by atoms with Crippen LogP contribution in [0.1, 0.15) is 25.8 Å². The van der Waals surface area contributed by atoms with Crippen LogP contribution in [0.15, 0.2) is 24.3 Å². The summed E-state index contributed by atoms with van der Waals surface area (Å²) < 4.78 is 5.29. The van der Waals surface area contributed by atoms with Crippen LogP contribution in [0, 0.1) is 20.9 Å². The highest BCUT2D eigenvalue weighted by Crippen LogP contribution is 2.63. The largest absolute Gasteiger partial charge is 0.460 e. The van der Waals surface area contributed by atoms with Gasteiger partial charge in [0.1, 0.15) is 6.61 Å². The highest BCUT2D eigenvalue weighted by Gasteiger charge is 2.66. The third-order valence-corrected chi connectivity index (χ3v) is 4.17. The molecule has 1 saturated carbocycles. The molecule has 0 spiro atoms. The monoisotopic (exact) mass is 278 g/mol. The molecular formula is C14H18N2O4. The minimum absolute atomic E-state index is 0.0156. The Hall–Kier alpha value is -1.95. The number of ether oxygens (including phenoxy) is 1. The topological polar surface area (TPSA) is 95.5 Å². The summed E-state index contributed by atoms with van der Waals surface area (Å²) in [7, 11) is 0. The zero-order valence-electron chi connectivity index (χ0n) is 11.6. The normalized spacial score (nSPS) is 23.1. The summed E-state index contributed by atoms with van der Waals surface area (Å²) in [6.45, 7) is 4.37. The maximum absolute atomic E-state index is 12.1. The molecule has 0 amide bonds. The molecule has 1 aliphatic carbocycles. The fraction of sp³-hybridized carbons (Fsp3) is 0.500. The summed E-state index contributed by atoms with van der Waals surface area (Å²) in [6.07, 6.45) is 0.732. The Morgan fingerprint density at radius 2 is 1.95 bits per heavy atom. The lowest BCUT2D eigenvalue weighted by atomic mass is 9.96. The second-order valence-corrected chi connectivity index (χ2v) is 5.85. The number of carbonyl (C=O) groups is 1. The molecule has 1 aromatic carbocycles. The molecule has 2 N–H and O–H groups in total. The predicted molar refractivity (Wildman–Crippen MR) is 72.8 cm³/mol. The van der Waals surface area contributed by atoms with E-state index in [2.05, 4.69) is 0 Å². The van der Waals surface area contributed by atoms with Crippen molar-refractivity contribution in [2.45, 2.75) is 26.9 Å². The van der Waals surface area contributed by atoms with Crippen LogP contribution in [-0.4, -0.2) is 17.4 Å². The quantitative estimate of drug-likeness (QED) is 0.505. The van der Waals surface area contributed by atoms with E-state index in [0.29, 0.717) is 0 Å². The van der Waals surface area contributed by atoms with Crippen molar-refractivity contribution in [1.29, 1.82) is 0 Å². The van der Waals surface area contributed by atoms with Crippen molar-refractivity contribution in [2.24, 2.45) is 16.6 Å². The first kappa shape index (κ1) is 14.5. The van der Waals surface area contributed by atoms with Gasteiger partial charge in [-0.2, -0.15) is 0 Å². The smallest absolute Gasteiger partial charge is 0.314 e. The summed E-state index contributed by atoms with van der Waals surface area (Å²) in [6, 6.07) is 5.95. The van der Waals surface area contributed by atoms with Gasteiger partial charge >= 0.3 is 5.97 Å². The van der Waals surface area contributed by atoms with Crippen molar-refractivity contribution in [3.63, 3.8) is 0 Å². The number of nitrogens with two attached hydrogens (primary N) is 1. The lowest BCUT2D eigenvalue weighted by molar-refractivity contribution is -0.384. The number of carbonyl (C=O) groups excluding carboxylic acids is 1. The van der Waals surface area contributed by atoms with Crippen LogP contribution in [-0.2, 0) is 16.1 Å². The van der Waals surface area contributed by atoms with E-state index in [1.807, 2.05) is 13.8 Å². The molecule has 1 fully saturated rings. The Morgan fingerprint density at radius 3 is 2.35 bits per heavy atom. The van der Waals surface area contributed by atoms with Gasteiger partial charge in [-0.15, -0.1) is 0 Å². The van der Waals surface area contributed by atoms with E-state index in [1.165, 1.54) is 12.1 Å². The van der Waals surface area contributed by atoms with Crippen molar-refractivity contribution in [2.75, 3.05) is 6.54 Å². The van der Waals surface area contributed by atoms with Crippen LogP contribution in [0.5, 0.6) is 0 Å². The fourth-order valence-corrected chi connectivity index (χ4v) is 2.49. The van der Waals surface area contributed by atoms with Crippen LogP contribution in [0.4, 0.5) is 5.69 Å². The first-order chi connectivity index (χ1) is 9.32. The summed E-state index contributed by atoms with van der Waals surface area (Å²) >= 11 is 0. The zero-order valence-corrected chi connectivity index (χ0v) is 11.6. The number of nitro benzene ring substituents is 1. The summed E-state index contributed by atoms with van der Waals surface area (Å²) in [5.74, 6) is -0.289. The van der Waals surface area contributed by atoms with E-state index in [0.717, 1.165) is 12.0 Å². The number of esters is 1. The Kier molecular flexibility index (Phi) is 3.52. The molecule has 0 aromatic heterocycles. The molecule has 1 aliphatic rings.